The fourth-order valence-corrected chi connectivity index (χ4v) is 3.22. The Morgan fingerprint density at radius 1 is 1.33 bits per heavy atom. The molecule has 0 radical (unpaired) electrons. The Morgan fingerprint density at radius 2 is 2.00 bits per heavy atom. The predicted molar refractivity (Wildman–Crippen MR) is 86.4 cm³/mol. The van der Waals surface area contributed by atoms with Gasteiger partial charge in [0, 0.05) is 17.9 Å². The van der Waals surface area contributed by atoms with Gasteiger partial charge in [0.1, 0.15) is 6.04 Å². The molecule has 0 aliphatic heterocycles. The molecule has 1 rings (SSSR count). The number of ether oxygens (including phenoxy) is 1. The quantitative estimate of drug-likeness (QED) is 0.821. The topological polar surface area (TPSA) is 55.4 Å². The fraction of sp³-hybridized carbons (Fsp3) is 0.500. The van der Waals surface area contributed by atoms with Gasteiger partial charge in [0.2, 0.25) is 5.91 Å². The molecule has 0 spiro atoms. The summed E-state index contributed by atoms with van der Waals surface area (Å²) in [5.74, 6) is -0.155. The minimum absolute atomic E-state index is 0.231. The third kappa shape index (κ3) is 5.42. The summed E-state index contributed by atoms with van der Waals surface area (Å²) in [4.78, 5) is 22.8. The van der Waals surface area contributed by atoms with Crippen molar-refractivity contribution in [2.45, 2.75) is 39.0 Å². The van der Waals surface area contributed by atoms with Crippen LogP contribution < -0.4 is 5.32 Å². The highest BCUT2D eigenvalue weighted by atomic mass is 32.2. The lowest BCUT2D eigenvalue weighted by atomic mass is 10.0. The van der Waals surface area contributed by atoms with E-state index in [1.165, 1.54) is 30.7 Å². The molecule has 1 amide bonds. The highest BCUT2D eigenvalue weighted by Crippen LogP contribution is 2.31. The molecule has 1 N–H and O–H groups in total. The van der Waals surface area contributed by atoms with Crippen molar-refractivity contribution >= 4 is 23.6 Å². The lowest BCUT2D eigenvalue weighted by Crippen LogP contribution is -2.42. The Labute approximate surface area is 130 Å². The molecule has 0 saturated carbocycles. The number of esters is 1. The van der Waals surface area contributed by atoms with Gasteiger partial charge in [-0.05, 0) is 31.9 Å². The number of hydrogen-bond acceptors (Lipinski definition) is 4. The predicted octanol–water partition coefficient (Wildman–Crippen LogP) is 2.78. The number of aryl methyl sites for hydroxylation is 2. The smallest absolute Gasteiger partial charge is 0.329 e. The van der Waals surface area contributed by atoms with Crippen LogP contribution in [0.15, 0.2) is 18.2 Å². The molecule has 0 aromatic heterocycles. The Hall–Kier alpha value is -1.49. The number of methoxy groups -OCH3 is 1. The van der Waals surface area contributed by atoms with Gasteiger partial charge in [-0.3, -0.25) is 4.79 Å². The molecule has 4 nitrogen and oxygen atoms in total. The Morgan fingerprint density at radius 3 is 2.57 bits per heavy atom. The van der Waals surface area contributed by atoms with Crippen LogP contribution in [0.5, 0.6) is 0 Å². The van der Waals surface area contributed by atoms with Gasteiger partial charge in [0.25, 0.3) is 0 Å². The van der Waals surface area contributed by atoms with Gasteiger partial charge < -0.3 is 10.1 Å². The second-order valence-electron chi connectivity index (χ2n) is 5.11. The summed E-state index contributed by atoms with van der Waals surface area (Å²) >= 11 is 1.63. The van der Waals surface area contributed by atoms with E-state index in [-0.39, 0.29) is 11.2 Å². The van der Waals surface area contributed by atoms with Crippen molar-refractivity contribution in [3.63, 3.8) is 0 Å². The number of carbonyl (C=O) groups is 2. The molecule has 5 heteroatoms. The first-order valence-corrected chi connectivity index (χ1v) is 7.93. The highest BCUT2D eigenvalue weighted by molar-refractivity contribution is 7.99. The van der Waals surface area contributed by atoms with E-state index in [9.17, 15) is 9.59 Å². The second-order valence-corrected chi connectivity index (χ2v) is 6.49. The van der Waals surface area contributed by atoms with Crippen molar-refractivity contribution in [2.75, 3.05) is 12.9 Å². The molecule has 21 heavy (non-hydrogen) atoms. The van der Waals surface area contributed by atoms with Crippen molar-refractivity contribution in [1.82, 2.24) is 5.32 Å². The van der Waals surface area contributed by atoms with E-state index in [0.29, 0.717) is 5.75 Å². The maximum Gasteiger partial charge on any atom is 0.329 e. The van der Waals surface area contributed by atoms with Crippen LogP contribution >= 0.6 is 11.8 Å². The number of thioether (sulfide) groups is 1. The van der Waals surface area contributed by atoms with Gasteiger partial charge in [-0.25, -0.2) is 4.79 Å². The number of benzene rings is 1. The Balaban J connectivity index is 2.72. The molecule has 2 atom stereocenters. The van der Waals surface area contributed by atoms with Crippen LogP contribution in [0.4, 0.5) is 0 Å². The summed E-state index contributed by atoms with van der Waals surface area (Å²) in [6.45, 7) is 7.65. The molecule has 1 aromatic carbocycles. The number of hydrogen-bond donors (Lipinski definition) is 1. The van der Waals surface area contributed by atoms with E-state index in [2.05, 4.69) is 44.3 Å². The largest absolute Gasteiger partial charge is 0.467 e. The molecule has 0 aliphatic rings. The minimum atomic E-state index is -0.606. The third-order valence-electron chi connectivity index (χ3n) is 3.25. The van der Waals surface area contributed by atoms with Crippen molar-refractivity contribution in [3.05, 3.63) is 34.9 Å². The van der Waals surface area contributed by atoms with Gasteiger partial charge in [-0.15, -0.1) is 0 Å². The third-order valence-corrected chi connectivity index (χ3v) is 4.53. The number of amides is 1. The average molecular weight is 309 g/mol. The molecule has 0 bridgehead atoms. The second kappa shape index (κ2) is 8.08. The number of nitrogens with one attached hydrogen (secondary N) is 1. The van der Waals surface area contributed by atoms with Crippen molar-refractivity contribution in [1.29, 1.82) is 0 Å². The van der Waals surface area contributed by atoms with Crippen LogP contribution in [0.25, 0.3) is 0 Å². The summed E-state index contributed by atoms with van der Waals surface area (Å²) in [5, 5.41) is 2.87. The minimum Gasteiger partial charge on any atom is -0.467 e. The summed E-state index contributed by atoms with van der Waals surface area (Å²) < 4.78 is 4.73. The standard InChI is InChI=1S/C16H23NO3S/c1-10-6-7-11(2)14(8-10)12(3)21-9-15(16(19)20-5)17-13(4)18/h6-8,12,15H,9H2,1-5H3,(H,17,18)/t12-,15-/m0/s1. The van der Waals surface area contributed by atoms with E-state index in [0.717, 1.165) is 0 Å². The maximum atomic E-state index is 11.7. The van der Waals surface area contributed by atoms with Crippen molar-refractivity contribution in [3.8, 4) is 0 Å². The first-order chi connectivity index (χ1) is 9.85. The van der Waals surface area contributed by atoms with Gasteiger partial charge in [0.05, 0.1) is 7.11 Å². The van der Waals surface area contributed by atoms with E-state index < -0.39 is 12.0 Å². The summed E-state index contributed by atoms with van der Waals surface area (Å²) in [5.41, 5.74) is 3.70. The molecule has 0 saturated heterocycles. The summed E-state index contributed by atoms with van der Waals surface area (Å²) in [7, 11) is 1.33. The Bertz CT molecular complexity index is 516. The molecule has 0 aliphatic carbocycles. The van der Waals surface area contributed by atoms with Gasteiger partial charge in [0.15, 0.2) is 0 Å². The zero-order valence-electron chi connectivity index (χ0n) is 13.2. The first kappa shape index (κ1) is 17.6. The van der Waals surface area contributed by atoms with Crippen LogP contribution in [-0.2, 0) is 14.3 Å². The van der Waals surface area contributed by atoms with Crippen LogP contribution in [0, 0.1) is 13.8 Å². The molecule has 0 unspecified atom stereocenters. The van der Waals surface area contributed by atoms with Crippen molar-refractivity contribution < 1.29 is 14.3 Å². The highest BCUT2D eigenvalue weighted by Gasteiger charge is 2.22. The molecular weight excluding hydrogens is 286 g/mol. The molecular formula is C16H23NO3S. The van der Waals surface area contributed by atoms with Crippen LogP contribution in [-0.4, -0.2) is 30.8 Å². The lowest BCUT2D eigenvalue weighted by molar-refractivity contribution is -0.144. The van der Waals surface area contributed by atoms with E-state index >= 15 is 0 Å². The Kier molecular flexibility index (Phi) is 6.75. The normalized spacial score (nSPS) is 13.4. The summed E-state index contributed by atoms with van der Waals surface area (Å²) in [6, 6.07) is 5.75. The molecule has 116 valence electrons. The SMILES string of the molecule is COC(=O)[C@H](CS[C@@H](C)c1cc(C)ccc1C)NC(C)=O. The first-order valence-electron chi connectivity index (χ1n) is 6.88. The number of carbonyl (C=O) groups excluding carboxylic acids is 2. The molecule has 0 heterocycles. The van der Waals surface area contributed by atoms with E-state index in [1.807, 2.05) is 0 Å². The molecule has 0 fully saturated rings. The van der Waals surface area contributed by atoms with Crippen LogP contribution in [0.1, 0.15) is 35.8 Å². The fourth-order valence-electron chi connectivity index (χ4n) is 2.08. The van der Waals surface area contributed by atoms with E-state index in [1.54, 1.807) is 11.8 Å². The number of rotatable bonds is 6. The van der Waals surface area contributed by atoms with Crippen LogP contribution in [0.2, 0.25) is 0 Å². The van der Waals surface area contributed by atoms with Crippen molar-refractivity contribution in [2.24, 2.45) is 0 Å². The zero-order valence-corrected chi connectivity index (χ0v) is 14.0. The van der Waals surface area contributed by atoms with Crippen LogP contribution in [0.3, 0.4) is 0 Å². The van der Waals surface area contributed by atoms with Gasteiger partial charge >= 0.3 is 5.97 Å². The van der Waals surface area contributed by atoms with E-state index in [4.69, 9.17) is 4.74 Å². The lowest BCUT2D eigenvalue weighted by Gasteiger charge is -2.19. The summed E-state index contributed by atoms with van der Waals surface area (Å²) in [6.07, 6.45) is 0. The molecule has 1 aromatic rings. The van der Waals surface area contributed by atoms with Gasteiger partial charge in [-0.1, -0.05) is 23.8 Å². The monoisotopic (exact) mass is 309 g/mol. The zero-order chi connectivity index (χ0) is 16.0. The van der Waals surface area contributed by atoms with Gasteiger partial charge in [-0.2, -0.15) is 11.8 Å². The average Bonchev–Trinajstić information content (AvgIpc) is 2.44. The maximum absolute atomic E-state index is 11.7.